The van der Waals surface area contributed by atoms with Gasteiger partial charge in [-0.25, -0.2) is 0 Å². The van der Waals surface area contributed by atoms with Crippen molar-refractivity contribution in [1.82, 2.24) is 0 Å². The monoisotopic (exact) mass is 289 g/mol. The van der Waals surface area contributed by atoms with Crippen molar-refractivity contribution in [3.63, 3.8) is 0 Å². The molecule has 104 valence electrons. The molecule has 2 aromatic carbocycles. The van der Waals surface area contributed by atoms with E-state index < -0.39 is 0 Å². The summed E-state index contributed by atoms with van der Waals surface area (Å²) in [6, 6.07) is 14.2. The van der Waals surface area contributed by atoms with Gasteiger partial charge in [-0.15, -0.1) is 0 Å². The van der Waals surface area contributed by atoms with Gasteiger partial charge in [0.1, 0.15) is 5.75 Å². The third-order valence-corrected chi connectivity index (χ3v) is 2.95. The van der Waals surface area contributed by atoms with Crippen molar-refractivity contribution in [1.29, 1.82) is 0 Å². The number of rotatable bonds is 5. The van der Waals surface area contributed by atoms with Crippen molar-refractivity contribution < 1.29 is 9.53 Å². The highest BCUT2D eigenvalue weighted by Crippen LogP contribution is 2.20. The fraction of sp³-hybridized carbons (Fsp3) is 0.188. The fourth-order valence-corrected chi connectivity index (χ4v) is 1.85. The largest absolute Gasteiger partial charge is 0.493 e. The SMILES string of the molecule is CCCOc1ccccc1C(=O)Nc1ccc(Cl)cc1. The molecule has 2 aromatic rings. The third kappa shape index (κ3) is 3.75. The van der Waals surface area contributed by atoms with Crippen LogP contribution in [-0.2, 0) is 0 Å². The molecule has 1 N–H and O–H groups in total. The van der Waals surface area contributed by atoms with Crippen molar-refractivity contribution in [2.45, 2.75) is 13.3 Å². The first kappa shape index (κ1) is 14.4. The zero-order valence-electron chi connectivity index (χ0n) is 11.2. The number of carbonyl (C=O) groups is 1. The van der Waals surface area contributed by atoms with Crippen molar-refractivity contribution in [3.8, 4) is 5.75 Å². The Kier molecular flexibility index (Phi) is 5.02. The average molecular weight is 290 g/mol. The van der Waals surface area contributed by atoms with Crippen LogP contribution in [0.5, 0.6) is 5.75 Å². The van der Waals surface area contributed by atoms with Gasteiger partial charge in [0.2, 0.25) is 0 Å². The van der Waals surface area contributed by atoms with E-state index in [1.807, 2.05) is 19.1 Å². The fourth-order valence-electron chi connectivity index (χ4n) is 1.72. The molecule has 0 atom stereocenters. The Morgan fingerprint density at radius 2 is 1.85 bits per heavy atom. The van der Waals surface area contributed by atoms with E-state index in [-0.39, 0.29) is 5.91 Å². The number of benzene rings is 2. The predicted molar refractivity (Wildman–Crippen MR) is 81.6 cm³/mol. The molecule has 0 aliphatic heterocycles. The van der Waals surface area contributed by atoms with Gasteiger partial charge in [0.15, 0.2) is 0 Å². The van der Waals surface area contributed by atoms with Crippen molar-refractivity contribution in [3.05, 3.63) is 59.1 Å². The molecule has 0 spiro atoms. The molecular weight excluding hydrogens is 274 g/mol. The molecule has 0 heterocycles. The molecule has 20 heavy (non-hydrogen) atoms. The summed E-state index contributed by atoms with van der Waals surface area (Å²) < 4.78 is 5.58. The summed E-state index contributed by atoms with van der Waals surface area (Å²) in [7, 11) is 0. The quantitative estimate of drug-likeness (QED) is 0.887. The lowest BCUT2D eigenvalue weighted by Gasteiger charge is -2.11. The number of anilines is 1. The van der Waals surface area contributed by atoms with Gasteiger partial charge in [-0.2, -0.15) is 0 Å². The van der Waals surface area contributed by atoms with E-state index in [1.165, 1.54) is 0 Å². The lowest BCUT2D eigenvalue weighted by Crippen LogP contribution is -2.13. The Balaban J connectivity index is 2.14. The second-order valence-corrected chi connectivity index (χ2v) is 4.74. The standard InChI is InChI=1S/C16H16ClNO2/c1-2-11-20-15-6-4-3-5-14(15)16(19)18-13-9-7-12(17)8-10-13/h3-10H,2,11H2,1H3,(H,18,19). The normalized spacial score (nSPS) is 10.1. The zero-order chi connectivity index (χ0) is 14.4. The van der Waals surface area contributed by atoms with E-state index in [9.17, 15) is 4.79 Å². The topological polar surface area (TPSA) is 38.3 Å². The van der Waals surface area contributed by atoms with Gasteiger partial charge < -0.3 is 10.1 Å². The minimum Gasteiger partial charge on any atom is -0.493 e. The molecule has 0 aliphatic carbocycles. The summed E-state index contributed by atoms with van der Waals surface area (Å²) >= 11 is 5.81. The Hall–Kier alpha value is -2.00. The summed E-state index contributed by atoms with van der Waals surface area (Å²) in [6.45, 7) is 2.61. The van der Waals surface area contributed by atoms with Gasteiger partial charge in [-0.05, 0) is 42.8 Å². The van der Waals surface area contributed by atoms with Crippen LogP contribution in [0.1, 0.15) is 23.7 Å². The highest BCUT2D eigenvalue weighted by atomic mass is 35.5. The zero-order valence-corrected chi connectivity index (χ0v) is 12.0. The molecule has 3 nitrogen and oxygen atoms in total. The molecule has 0 bridgehead atoms. The van der Waals surface area contributed by atoms with E-state index in [2.05, 4.69) is 5.32 Å². The molecule has 0 radical (unpaired) electrons. The average Bonchev–Trinajstić information content (AvgIpc) is 2.47. The van der Waals surface area contributed by atoms with Crippen LogP contribution in [0.2, 0.25) is 5.02 Å². The summed E-state index contributed by atoms with van der Waals surface area (Å²) in [6.07, 6.45) is 0.896. The summed E-state index contributed by atoms with van der Waals surface area (Å²) in [5, 5.41) is 3.46. The minimum absolute atomic E-state index is 0.195. The first-order chi connectivity index (χ1) is 9.70. The third-order valence-electron chi connectivity index (χ3n) is 2.70. The van der Waals surface area contributed by atoms with Crippen LogP contribution in [0.4, 0.5) is 5.69 Å². The summed E-state index contributed by atoms with van der Waals surface area (Å²) in [4.78, 5) is 12.3. The lowest BCUT2D eigenvalue weighted by molar-refractivity contribution is 0.102. The molecule has 0 fully saturated rings. The number of hydrogen-bond donors (Lipinski definition) is 1. The van der Waals surface area contributed by atoms with Gasteiger partial charge in [-0.1, -0.05) is 30.7 Å². The van der Waals surface area contributed by atoms with Crippen LogP contribution >= 0.6 is 11.6 Å². The number of nitrogens with one attached hydrogen (secondary N) is 1. The maximum Gasteiger partial charge on any atom is 0.259 e. The summed E-state index contributed by atoms with van der Waals surface area (Å²) in [5.74, 6) is 0.403. The molecule has 0 saturated heterocycles. The van der Waals surface area contributed by atoms with Crippen molar-refractivity contribution >= 4 is 23.2 Å². The minimum atomic E-state index is -0.195. The van der Waals surface area contributed by atoms with Crippen LogP contribution in [-0.4, -0.2) is 12.5 Å². The van der Waals surface area contributed by atoms with Crippen molar-refractivity contribution in [2.24, 2.45) is 0 Å². The van der Waals surface area contributed by atoms with Crippen LogP contribution < -0.4 is 10.1 Å². The molecule has 0 aliphatic rings. The Morgan fingerprint density at radius 3 is 2.55 bits per heavy atom. The maximum absolute atomic E-state index is 12.3. The number of para-hydroxylation sites is 1. The van der Waals surface area contributed by atoms with Crippen LogP contribution in [0.15, 0.2) is 48.5 Å². The Labute approximate surface area is 123 Å². The van der Waals surface area contributed by atoms with Gasteiger partial charge in [0.25, 0.3) is 5.91 Å². The van der Waals surface area contributed by atoms with Crippen LogP contribution in [0.3, 0.4) is 0 Å². The van der Waals surface area contributed by atoms with E-state index >= 15 is 0 Å². The predicted octanol–water partition coefficient (Wildman–Crippen LogP) is 4.38. The second kappa shape index (κ2) is 6.96. The number of hydrogen-bond acceptors (Lipinski definition) is 2. The Bertz CT molecular complexity index is 581. The van der Waals surface area contributed by atoms with E-state index in [0.29, 0.717) is 28.6 Å². The van der Waals surface area contributed by atoms with E-state index in [0.717, 1.165) is 6.42 Å². The van der Waals surface area contributed by atoms with Gasteiger partial charge >= 0.3 is 0 Å². The maximum atomic E-state index is 12.3. The molecule has 0 saturated carbocycles. The van der Waals surface area contributed by atoms with Gasteiger partial charge in [-0.3, -0.25) is 4.79 Å². The molecule has 0 unspecified atom stereocenters. The molecule has 1 amide bonds. The first-order valence-electron chi connectivity index (χ1n) is 6.49. The highest BCUT2D eigenvalue weighted by molar-refractivity contribution is 6.30. The second-order valence-electron chi connectivity index (χ2n) is 4.31. The highest BCUT2D eigenvalue weighted by Gasteiger charge is 2.12. The molecule has 2 rings (SSSR count). The van der Waals surface area contributed by atoms with Crippen molar-refractivity contribution in [2.75, 3.05) is 11.9 Å². The van der Waals surface area contributed by atoms with Crippen LogP contribution in [0, 0.1) is 0 Å². The summed E-state index contributed by atoms with van der Waals surface area (Å²) in [5.41, 5.74) is 1.22. The Morgan fingerprint density at radius 1 is 1.15 bits per heavy atom. The number of ether oxygens (including phenoxy) is 1. The van der Waals surface area contributed by atoms with E-state index in [1.54, 1.807) is 36.4 Å². The molecule has 4 heteroatoms. The number of halogens is 1. The number of carbonyl (C=O) groups excluding carboxylic acids is 1. The van der Waals surface area contributed by atoms with Gasteiger partial charge in [0, 0.05) is 10.7 Å². The van der Waals surface area contributed by atoms with E-state index in [4.69, 9.17) is 16.3 Å². The molecule has 0 aromatic heterocycles. The molecular formula is C16H16ClNO2. The van der Waals surface area contributed by atoms with Gasteiger partial charge in [0.05, 0.1) is 12.2 Å². The lowest BCUT2D eigenvalue weighted by atomic mass is 10.2. The number of amides is 1. The first-order valence-corrected chi connectivity index (χ1v) is 6.87. The van der Waals surface area contributed by atoms with Crippen LogP contribution in [0.25, 0.3) is 0 Å². The smallest absolute Gasteiger partial charge is 0.259 e.